The van der Waals surface area contributed by atoms with Gasteiger partial charge in [0.1, 0.15) is 11.5 Å². The number of rotatable bonds is 12. The van der Waals surface area contributed by atoms with Crippen molar-refractivity contribution in [2.24, 2.45) is 0 Å². The van der Waals surface area contributed by atoms with Gasteiger partial charge in [0.25, 0.3) is 0 Å². The van der Waals surface area contributed by atoms with Gasteiger partial charge in [-0.3, -0.25) is 0 Å². The van der Waals surface area contributed by atoms with Crippen molar-refractivity contribution in [3.63, 3.8) is 0 Å². The highest BCUT2D eigenvalue weighted by atomic mass is 16.5. The Kier molecular flexibility index (Phi) is 9.85. The molecular weight excluding hydrogens is 288 g/mol. The van der Waals surface area contributed by atoms with Crippen LogP contribution in [0.25, 0.3) is 0 Å². The van der Waals surface area contributed by atoms with E-state index in [9.17, 15) is 9.90 Å². The predicted molar refractivity (Wildman–Crippen MR) is 94.6 cm³/mol. The summed E-state index contributed by atoms with van der Waals surface area (Å²) in [5.41, 5.74) is 0.389. The molecule has 0 aliphatic heterocycles. The molecule has 0 aliphatic carbocycles. The van der Waals surface area contributed by atoms with E-state index in [1.54, 1.807) is 0 Å². The predicted octanol–water partition coefficient (Wildman–Crippen LogP) is 5.95. The Morgan fingerprint density at radius 1 is 0.957 bits per heavy atom. The second kappa shape index (κ2) is 11.8. The van der Waals surface area contributed by atoms with Crippen molar-refractivity contribution in [1.82, 2.24) is 0 Å². The number of ether oxygens (including phenoxy) is 1. The summed E-state index contributed by atoms with van der Waals surface area (Å²) >= 11 is 0. The molecule has 0 aromatic heterocycles. The minimum atomic E-state index is -0.874. The Bertz CT molecular complexity index is 477. The van der Waals surface area contributed by atoms with Gasteiger partial charge in [0.05, 0.1) is 5.57 Å². The van der Waals surface area contributed by atoms with Crippen LogP contribution in [0, 0.1) is 0 Å². The molecule has 0 heterocycles. The van der Waals surface area contributed by atoms with Gasteiger partial charge in [-0.05, 0) is 25.0 Å². The zero-order valence-electron chi connectivity index (χ0n) is 14.5. The molecule has 0 amide bonds. The van der Waals surface area contributed by atoms with Gasteiger partial charge in [-0.25, -0.2) is 4.79 Å². The van der Waals surface area contributed by atoms with E-state index in [1.165, 1.54) is 32.1 Å². The molecule has 0 fully saturated rings. The number of benzene rings is 1. The molecule has 1 aromatic rings. The molecule has 1 N–H and O–H groups in total. The van der Waals surface area contributed by atoms with Crippen LogP contribution in [0.3, 0.4) is 0 Å². The Morgan fingerprint density at radius 2 is 1.57 bits per heavy atom. The van der Waals surface area contributed by atoms with Gasteiger partial charge >= 0.3 is 5.97 Å². The van der Waals surface area contributed by atoms with E-state index in [0.29, 0.717) is 29.9 Å². The number of carbonyl (C=O) groups is 1. The fourth-order valence-corrected chi connectivity index (χ4v) is 2.60. The minimum absolute atomic E-state index is 0.389. The summed E-state index contributed by atoms with van der Waals surface area (Å²) in [6.45, 7) is 4.08. The molecule has 0 bridgehead atoms. The number of carboxylic acid groups (broad SMARTS) is 1. The van der Waals surface area contributed by atoms with Crippen LogP contribution in [0.2, 0.25) is 0 Å². The molecule has 3 nitrogen and oxygen atoms in total. The topological polar surface area (TPSA) is 46.5 Å². The summed E-state index contributed by atoms with van der Waals surface area (Å²) in [5.74, 6) is 0.443. The van der Waals surface area contributed by atoms with Gasteiger partial charge in [-0.15, -0.1) is 0 Å². The largest absolute Gasteiger partial charge is 0.478 e. The molecule has 3 heteroatoms. The number of allylic oxidation sites excluding steroid dienone is 1. The molecule has 23 heavy (non-hydrogen) atoms. The van der Waals surface area contributed by atoms with E-state index in [-0.39, 0.29) is 0 Å². The zero-order chi connectivity index (χ0) is 16.9. The highest BCUT2D eigenvalue weighted by Gasteiger charge is 2.14. The second-order valence-electron chi connectivity index (χ2n) is 5.85. The van der Waals surface area contributed by atoms with Crippen LogP contribution < -0.4 is 4.74 Å². The monoisotopic (exact) mass is 318 g/mol. The molecule has 0 radical (unpaired) electrons. The molecule has 0 aliphatic rings. The van der Waals surface area contributed by atoms with Crippen LogP contribution in [0.4, 0.5) is 0 Å². The van der Waals surface area contributed by atoms with Gasteiger partial charge in [-0.1, -0.05) is 70.6 Å². The van der Waals surface area contributed by atoms with Crippen LogP contribution in [0.1, 0.15) is 71.6 Å². The maximum absolute atomic E-state index is 11.4. The zero-order valence-corrected chi connectivity index (χ0v) is 14.5. The fraction of sp³-hybridized carbons (Fsp3) is 0.550. The summed E-state index contributed by atoms with van der Waals surface area (Å²) in [6.07, 6.45) is 9.63. The lowest BCUT2D eigenvalue weighted by Gasteiger charge is -2.13. The molecule has 1 rings (SSSR count). The van der Waals surface area contributed by atoms with Crippen molar-refractivity contribution in [3.05, 3.63) is 41.7 Å². The molecule has 128 valence electrons. The van der Waals surface area contributed by atoms with Crippen LogP contribution in [-0.4, -0.2) is 11.1 Å². The summed E-state index contributed by atoms with van der Waals surface area (Å²) in [6, 6.07) is 9.43. The van der Waals surface area contributed by atoms with Gasteiger partial charge in [0.15, 0.2) is 0 Å². The molecular formula is C20H30O3. The lowest BCUT2D eigenvalue weighted by atomic mass is 10.0. The SMILES string of the molecule is CCCCCCCCCC(Oc1ccccc1)=C(CC)C(=O)O. The standard InChI is InChI=1S/C20H30O3/c1-3-5-6-7-8-9-13-16-19(18(4-2)20(21)22)23-17-14-11-10-12-15-17/h10-12,14-15H,3-9,13,16H2,1-2H3,(H,21,22). The lowest BCUT2D eigenvalue weighted by molar-refractivity contribution is -0.133. The van der Waals surface area contributed by atoms with Crippen molar-refractivity contribution in [2.75, 3.05) is 0 Å². The molecule has 0 spiro atoms. The van der Waals surface area contributed by atoms with Crippen molar-refractivity contribution >= 4 is 5.97 Å². The van der Waals surface area contributed by atoms with E-state index < -0.39 is 5.97 Å². The average Bonchev–Trinajstić information content (AvgIpc) is 2.55. The van der Waals surface area contributed by atoms with Gasteiger partial charge in [0, 0.05) is 6.42 Å². The maximum Gasteiger partial charge on any atom is 0.334 e. The number of hydrogen-bond acceptors (Lipinski definition) is 2. The number of para-hydroxylation sites is 1. The second-order valence-corrected chi connectivity index (χ2v) is 5.85. The normalized spacial score (nSPS) is 11.9. The Labute approximate surface area is 140 Å². The molecule has 0 atom stereocenters. The van der Waals surface area contributed by atoms with Gasteiger partial charge in [-0.2, -0.15) is 0 Å². The minimum Gasteiger partial charge on any atom is -0.478 e. The van der Waals surface area contributed by atoms with Crippen molar-refractivity contribution in [1.29, 1.82) is 0 Å². The number of hydrogen-bond donors (Lipinski definition) is 1. The molecule has 0 saturated carbocycles. The third-order valence-electron chi connectivity index (χ3n) is 3.94. The lowest BCUT2D eigenvalue weighted by Crippen LogP contribution is -2.08. The third-order valence-corrected chi connectivity index (χ3v) is 3.94. The Hall–Kier alpha value is -1.77. The van der Waals surface area contributed by atoms with E-state index in [4.69, 9.17) is 4.74 Å². The van der Waals surface area contributed by atoms with Gasteiger partial charge < -0.3 is 9.84 Å². The van der Waals surface area contributed by atoms with E-state index in [1.807, 2.05) is 37.3 Å². The van der Waals surface area contributed by atoms with E-state index >= 15 is 0 Å². The first-order valence-electron chi connectivity index (χ1n) is 8.87. The fourth-order valence-electron chi connectivity index (χ4n) is 2.60. The van der Waals surface area contributed by atoms with E-state index in [2.05, 4.69) is 6.92 Å². The van der Waals surface area contributed by atoms with E-state index in [0.717, 1.165) is 12.8 Å². The summed E-state index contributed by atoms with van der Waals surface area (Å²) in [5, 5.41) is 9.38. The van der Waals surface area contributed by atoms with Crippen LogP contribution in [0.5, 0.6) is 5.75 Å². The van der Waals surface area contributed by atoms with Crippen molar-refractivity contribution in [3.8, 4) is 5.75 Å². The quantitative estimate of drug-likeness (QED) is 0.294. The number of carboxylic acids is 1. The highest BCUT2D eigenvalue weighted by molar-refractivity contribution is 5.87. The summed E-state index contributed by atoms with van der Waals surface area (Å²) in [4.78, 5) is 11.4. The summed E-state index contributed by atoms with van der Waals surface area (Å²) in [7, 11) is 0. The first-order chi connectivity index (χ1) is 11.2. The van der Waals surface area contributed by atoms with Crippen molar-refractivity contribution in [2.45, 2.75) is 71.6 Å². The van der Waals surface area contributed by atoms with Crippen LogP contribution >= 0.6 is 0 Å². The molecule has 0 saturated heterocycles. The van der Waals surface area contributed by atoms with Gasteiger partial charge in [0.2, 0.25) is 0 Å². The van der Waals surface area contributed by atoms with Crippen LogP contribution in [0.15, 0.2) is 41.7 Å². The number of unbranched alkanes of at least 4 members (excludes halogenated alkanes) is 6. The third kappa shape index (κ3) is 7.87. The Balaban J connectivity index is 2.57. The smallest absolute Gasteiger partial charge is 0.334 e. The highest BCUT2D eigenvalue weighted by Crippen LogP contribution is 2.22. The van der Waals surface area contributed by atoms with Crippen LogP contribution in [-0.2, 0) is 4.79 Å². The van der Waals surface area contributed by atoms with Crippen molar-refractivity contribution < 1.29 is 14.6 Å². The maximum atomic E-state index is 11.4. The summed E-state index contributed by atoms with van der Waals surface area (Å²) < 4.78 is 5.87. The first kappa shape index (κ1) is 19.3. The molecule has 1 aromatic carbocycles. The average molecular weight is 318 g/mol. The number of aliphatic carboxylic acids is 1. The molecule has 0 unspecified atom stereocenters. The Morgan fingerprint density at radius 3 is 2.13 bits per heavy atom. The first-order valence-corrected chi connectivity index (χ1v) is 8.87.